The number of carbonyl (C=O) groups is 1. The topological polar surface area (TPSA) is 52.6 Å². The lowest BCUT2D eigenvalue weighted by Crippen LogP contribution is -2.61. The molecule has 1 saturated carbocycles. The van der Waals surface area contributed by atoms with E-state index in [1.165, 1.54) is 25.7 Å². The number of nitrogens with one attached hydrogen (secondary N) is 1. The van der Waals surface area contributed by atoms with Crippen LogP contribution < -0.4 is 5.32 Å². The molecule has 2 rings (SSSR count). The molecule has 0 amide bonds. The number of rotatable bonds is 5. The van der Waals surface area contributed by atoms with Gasteiger partial charge in [-0.3, -0.25) is 10.1 Å². The lowest BCUT2D eigenvalue weighted by atomic mass is 9.85. The Morgan fingerprint density at radius 1 is 1.19 bits per heavy atom. The second kappa shape index (κ2) is 7.59. The van der Waals surface area contributed by atoms with Crippen LogP contribution in [0, 0.1) is 5.92 Å². The Morgan fingerprint density at radius 2 is 1.76 bits per heavy atom. The van der Waals surface area contributed by atoms with E-state index in [0.29, 0.717) is 12.0 Å². The molecular weight excluding hydrogens is 264 g/mol. The average molecular weight is 296 g/mol. The number of hydrogen-bond acceptors (Lipinski definition) is 3. The van der Waals surface area contributed by atoms with E-state index in [1.807, 2.05) is 0 Å². The average Bonchev–Trinajstić information content (AvgIpc) is 2.69. The van der Waals surface area contributed by atoms with E-state index in [9.17, 15) is 9.90 Å². The fraction of sp³-hybridized carbons (Fsp3) is 0.941. The summed E-state index contributed by atoms with van der Waals surface area (Å²) < 4.78 is 0. The van der Waals surface area contributed by atoms with Crippen LogP contribution in [-0.4, -0.2) is 47.2 Å². The number of hydrogen-bond donors (Lipinski definition) is 2. The predicted octanol–water partition coefficient (Wildman–Crippen LogP) is 2.87. The van der Waals surface area contributed by atoms with Gasteiger partial charge in [0.2, 0.25) is 0 Å². The summed E-state index contributed by atoms with van der Waals surface area (Å²) in [5.41, 5.74) is -0.678. The summed E-state index contributed by atoms with van der Waals surface area (Å²) in [6.45, 7) is 7.35. The fourth-order valence-electron chi connectivity index (χ4n) is 3.87. The summed E-state index contributed by atoms with van der Waals surface area (Å²) in [4.78, 5) is 14.3. The molecule has 0 radical (unpaired) electrons. The van der Waals surface area contributed by atoms with Crippen LogP contribution in [0.3, 0.4) is 0 Å². The second-order valence-corrected chi connectivity index (χ2v) is 7.41. The number of aliphatic carboxylic acids is 1. The van der Waals surface area contributed by atoms with Gasteiger partial charge in [0.05, 0.1) is 0 Å². The Balaban J connectivity index is 1.93. The number of likely N-dealkylation sites (tertiary alicyclic amines) is 1. The van der Waals surface area contributed by atoms with E-state index >= 15 is 0 Å². The van der Waals surface area contributed by atoms with Crippen LogP contribution in [-0.2, 0) is 4.79 Å². The highest BCUT2D eigenvalue weighted by atomic mass is 16.4. The molecule has 4 nitrogen and oxygen atoms in total. The normalized spacial score (nSPS) is 24.9. The van der Waals surface area contributed by atoms with E-state index in [4.69, 9.17) is 0 Å². The Kier molecular flexibility index (Phi) is 6.06. The van der Waals surface area contributed by atoms with Crippen molar-refractivity contribution in [3.05, 3.63) is 0 Å². The van der Waals surface area contributed by atoms with Crippen molar-refractivity contribution in [3.8, 4) is 0 Å². The van der Waals surface area contributed by atoms with Crippen molar-refractivity contribution < 1.29 is 9.90 Å². The molecule has 2 aliphatic rings. The molecule has 0 aromatic carbocycles. The first-order valence-electron chi connectivity index (χ1n) is 8.75. The number of carboxylic acid groups (broad SMARTS) is 1. The molecule has 2 N–H and O–H groups in total. The van der Waals surface area contributed by atoms with Gasteiger partial charge in [0.1, 0.15) is 5.54 Å². The van der Waals surface area contributed by atoms with Gasteiger partial charge < -0.3 is 10.0 Å². The first kappa shape index (κ1) is 16.8. The van der Waals surface area contributed by atoms with Crippen molar-refractivity contribution in [2.24, 2.45) is 5.92 Å². The lowest BCUT2D eigenvalue weighted by Gasteiger charge is -2.42. The summed E-state index contributed by atoms with van der Waals surface area (Å²) in [5.74, 6) is 0.00749. The highest BCUT2D eigenvalue weighted by Gasteiger charge is 2.42. The third kappa shape index (κ3) is 4.68. The van der Waals surface area contributed by atoms with Crippen molar-refractivity contribution in [2.45, 2.75) is 76.8 Å². The molecular formula is C17H32N2O2. The molecule has 1 aliphatic carbocycles. The standard InChI is InChI=1S/C17H32N2O2/c1-14(2)13-19-11-9-17(10-12-19,16(20)21)18-15-7-5-3-4-6-8-15/h14-15,18H,3-13H2,1-2H3,(H,20,21). The molecule has 1 heterocycles. The minimum atomic E-state index is -0.678. The Hall–Kier alpha value is -0.610. The lowest BCUT2D eigenvalue weighted by molar-refractivity contribution is -0.147. The number of piperidine rings is 1. The first-order chi connectivity index (χ1) is 10.0. The molecule has 1 aliphatic heterocycles. The van der Waals surface area contributed by atoms with E-state index in [1.54, 1.807) is 0 Å². The molecule has 122 valence electrons. The Morgan fingerprint density at radius 3 is 2.24 bits per heavy atom. The highest BCUT2D eigenvalue weighted by Crippen LogP contribution is 2.27. The van der Waals surface area contributed by atoms with Gasteiger partial charge in [0.15, 0.2) is 0 Å². The van der Waals surface area contributed by atoms with E-state index in [0.717, 1.165) is 45.3 Å². The molecule has 0 bridgehead atoms. The fourth-order valence-corrected chi connectivity index (χ4v) is 3.87. The van der Waals surface area contributed by atoms with Crippen LogP contribution in [0.1, 0.15) is 65.2 Å². The Labute approximate surface area is 129 Å². The summed E-state index contributed by atoms with van der Waals surface area (Å²) in [5, 5.41) is 13.3. The second-order valence-electron chi connectivity index (χ2n) is 7.41. The maximum Gasteiger partial charge on any atom is 0.324 e. The molecule has 4 heteroatoms. The first-order valence-corrected chi connectivity index (χ1v) is 8.75. The SMILES string of the molecule is CC(C)CN1CCC(NC2CCCCCC2)(C(=O)O)CC1. The largest absolute Gasteiger partial charge is 0.480 e. The van der Waals surface area contributed by atoms with E-state index < -0.39 is 11.5 Å². The zero-order valence-electron chi connectivity index (χ0n) is 13.7. The van der Waals surface area contributed by atoms with Crippen molar-refractivity contribution in [1.29, 1.82) is 0 Å². The zero-order chi connectivity index (χ0) is 15.3. The maximum absolute atomic E-state index is 11.9. The van der Waals surface area contributed by atoms with Gasteiger partial charge in [-0.1, -0.05) is 39.5 Å². The van der Waals surface area contributed by atoms with Crippen LogP contribution in [0.5, 0.6) is 0 Å². The molecule has 0 aromatic heterocycles. The summed E-state index contributed by atoms with van der Waals surface area (Å²) in [6, 6.07) is 0.403. The molecule has 0 spiro atoms. The zero-order valence-corrected chi connectivity index (χ0v) is 13.7. The molecule has 0 atom stereocenters. The highest BCUT2D eigenvalue weighted by molar-refractivity contribution is 5.79. The van der Waals surface area contributed by atoms with Gasteiger partial charge in [-0.2, -0.15) is 0 Å². The quantitative estimate of drug-likeness (QED) is 0.766. The monoisotopic (exact) mass is 296 g/mol. The molecule has 2 fully saturated rings. The minimum Gasteiger partial charge on any atom is -0.480 e. The Bertz CT molecular complexity index is 328. The van der Waals surface area contributed by atoms with Crippen LogP contribution in [0.25, 0.3) is 0 Å². The molecule has 1 saturated heterocycles. The summed E-state index contributed by atoms with van der Waals surface area (Å²) in [7, 11) is 0. The minimum absolute atomic E-state index is 0.403. The molecule has 0 unspecified atom stereocenters. The van der Waals surface area contributed by atoms with Crippen molar-refractivity contribution in [3.63, 3.8) is 0 Å². The van der Waals surface area contributed by atoms with Gasteiger partial charge in [0, 0.05) is 25.7 Å². The third-order valence-corrected chi connectivity index (χ3v) is 5.08. The molecule has 0 aromatic rings. The summed E-state index contributed by atoms with van der Waals surface area (Å²) in [6.07, 6.45) is 8.87. The van der Waals surface area contributed by atoms with Crippen LogP contribution >= 0.6 is 0 Å². The van der Waals surface area contributed by atoms with Crippen LogP contribution in [0.2, 0.25) is 0 Å². The van der Waals surface area contributed by atoms with E-state index in [2.05, 4.69) is 24.1 Å². The third-order valence-electron chi connectivity index (χ3n) is 5.08. The van der Waals surface area contributed by atoms with Gasteiger partial charge in [0.25, 0.3) is 0 Å². The van der Waals surface area contributed by atoms with Gasteiger partial charge >= 0.3 is 5.97 Å². The molecule has 21 heavy (non-hydrogen) atoms. The van der Waals surface area contributed by atoms with E-state index in [-0.39, 0.29) is 0 Å². The number of carboxylic acids is 1. The van der Waals surface area contributed by atoms with Crippen molar-refractivity contribution in [1.82, 2.24) is 10.2 Å². The maximum atomic E-state index is 11.9. The predicted molar refractivity (Wildman–Crippen MR) is 85.5 cm³/mol. The van der Waals surface area contributed by atoms with Crippen LogP contribution in [0.15, 0.2) is 0 Å². The van der Waals surface area contributed by atoms with Crippen molar-refractivity contribution >= 4 is 5.97 Å². The van der Waals surface area contributed by atoms with Gasteiger partial charge in [-0.05, 0) is 31.6 Å². The van der Waals surface area contributed by atoms with Crippen molar-refractivity contribution in [2.75, 3.05) is 19.6 Å². The smallest absolute Gasteiger partial charge is 0.324 e. The van der Waals surface area contributed by atoms with Crippen LogP contribution in [0.4, 0.5) is 0 Å². The van der Waals surface area contributed by atoms with Gasteiger partial charge in [-0.15, -0.1) is 0 Å². The number of nitrogens with zero attached hydrogens (tertiary/aromatic N) is 1. The van der Waals surface area contributed by atoms with Gasteiger partial charge in [-0.25, -0.2) is 0 Å². The summed E-state index contributed by atoms with van der Waals surface area (Å²) >= 11 is 0.